The maximum atomic E-state index is 11.9. The Morgan fingerprint density at radius 2 is 2.28 bits per heavy atom. The SMILES string of the molecule is CCOc1cccnc1C(=O)NCC(O)C(C)C. The van der Waals surface area contributed by atoms with E-state index in [0.717, 1.165) is 0 Å². The second-order valence-electron chi connectivity index (χ2n) is 4.30. The fourth-order valence-electron chi connectivity index (χ4n) is 1.35. The number of nitrogens with one attached hydrogen (secondary N) is 1. The predicted octanol–water partition coefficient (Wildman–Crippen LogP) is 1.23. The van der Waals surface area contributed by atoms with Gasteiger partial charge in [0.05, 0.1) is 12.7 Å². The standard InChI is InChI=1S/C13H20N2O3/c1-4-18-11-6-5-7-14-12(11)13(17)15-8-10(16)9(2)3/h5-7,9-10,16H,4,8H2,1-3H3,(H,15,17). The van der Waals surface area contributed by atoms with Gasteiger partial charge in [0, 0.05) is 12.7 Å². The van der Waals surface area contributed by atoms with E-state index in [1.807, 2.05) is 20.8 Å². The van der Waals surface area contributed by atoms with Gasteiger partial charge in [-0.3, -0.25) is 4.79 Å². The van der Waals surface area contributed by atoms with E-state index in [4.69, 9.17) is 4.74 Å². The smallest absolute Gasteiger partial charge is 0.273 e. The number of carbonyl (C=O) groups excluding carboxylic acids is 1. The van der Waals surface area contributed by atoms with E-state index >= 15 is 0 Å². The Morgan fingerprint density at radius 1 is 1.56 bits per heavy atom. The molecule has 18 heavy (non-hydrogen) atoms. The summed E-state index contributed by atoms with van der Waals surface area (Å²) in [4.78, 5) is 15.9. The predicted molar refractivity (Wildman–Crippen MR) is 68.6 cm³/mol. The number of aliphatic hydroxyl groups excluding tert-OH is 1. The number of hydrogen-bond acceptors (Lipinski definition) is 4. The molecule has 0 fully saturated rings. The number of ether oxygens (including phenoxy) is 1. The van der Waals surface area contributed by atoms with Crippen molar-refractivity contribution in [2.24, 2.45) is 5.92 Å². The van der Waals surface area contributed by atoms with Gasteiger partial charge in [-0.25, -0.2) is 4.98 Å². The van der Waals surface area contributed by atoms with E-state index < -0.39 is 6.10 Å². The van der Waals surface area contributed by atoms with Gasteiger partial charge in [0.15, 0.2) is 11.4 Å². The molecule has 1 rings (SSSR count). The van der Waals surface area contributed by atoms with Gasteiger partial charge in [0.1, 0.15) is 0 Å². The van der Waals surface area contributed by atoms with Crippen molar-refractivity contribution in [1.82, 2.24) is 10.3 Å². The third-order valence-corrected chi connectivity index (χ3v) is 2.53. The van der Waals surface area contributed by atoms with Crippen LogP contribution in [0.25, 0.3) is 0 Å². The second kappa shape index (κ2) is 6.96. The van der Waals surface area contributed by atoms with Crippen LogP contribution in [0.3, 0.4) is 0 Å². The average molecular weight is 252 g/mol. The van der Waals surface area contributed by atoms with Crippen LogP contribution in [-0.2, 0) is 0 Å². The largest absolute Gasteiger partial charge is 0.491 e. The molecule has 1 aromatic heterocycles. The van der Waals surface area contributed by atoms with Gasteiger partial charge >= 0.3 is 0 Å². The summed E-state index contributed by atoms with van der Waals surface area (Å²) in [5.74, 6) is 0.218. The molecular weight excluding hydrogens is 232 g/mol. The fourth-order valence-corrected chi connectivity index (χ4v) is 1.35. The molecule has 1 aromatic rings. The molecule has 0 saturated heterocycles. The first-order valence-electron chi connectivity index (χ1n) is 6.10. The maximum Gasteiger partial charge on any atom is 0.273 e. The zero-order valence-electron chi connectivity index (χ0n) is 11.0. The molecular formula is C13H20N2O3. The van der Waals surface area contributed by atoms with E-state index in [1.54, 1.807) is 12.1 Å². The van der Waals surface area contributed by atoms with Crippen LogP contribution >= 0.6 is 0 Å². The zero-order valence-corrected chi connectivity index (χ0v) is 11.0. The van der Waals surface area contributed by atoms with Crippen LogP contribution in [-0.4, -0.2) is 35.3 Å². The van der Waals surface area contributed by atoms with E-state index in [1.165, 1.54) is 6.20 Å². The lowest BCUT2D eigenvalue weighted by molar-refractivity contribution is 0.0863. The van der Waals surface area contributed by atoms with Gasteiger partial charge in [-0.1, -0.05) is 13.8 Å². The number of rotatable bonds is 6. The lowest BCUT2D eigenvalue weighted by Crippen LogP contribution is -2.35. The first-order chi connectivity index (χ1) is 8.56. The minimum absolute atomic E-state index is 0.0976. The number of carbonyl (C=O) groups is 1. The number of amides is 1. The van der Waals surface area contributed by atoms with Crippen LogP contribution in [0.5, 0.6) is 5.75 Å². The summed E-state index contributed by atoms with van der Waals surface area (Å²) in [7, 11) is 0. The zero-order chi connectivity index (χ0) is 13.5. The average Bonchev–Trinajstić information content (AvgIpc) is 2.36. The summed E-state index contributed by atoms with van der Waals surface area (Å²) in [6.45, 7) is 6.31. The van der Waals surface area contributed by atoms with Gasteiger partial charge in [0.25, 0.3) is 5.91 Å². The Labute approximate surface area is 107 Å². The van der Waals surface area contributed by atoms with Crippen LogP contribution in [0.15, 0.2) is 18.3 Å². The first kappa shape index (κ1) is 14.4. The van der Waals surface area contributed by atoms with Crippen LogP contribution in [0.4, 0.5) is 0 Å². The highest BCUT2D eigenvalue weighted by Gasteiger charge is 2.16. The first-order valence-corrected chi connectivity index (χ1v) is 6.10. The van der Waals surface area contributed by atoms with E-state index in [-0.39, 0.29) is 24.1 Å². The summed E-state index contributed by atoms with van der Waals surface area (Å²) in [6, 6.07) is 3.41. The number of aliphatic hydroxyl groups is 1. The minimum atomic E-state index is -0.562. The molecule has 1 amide bonds. The molecule has 5 heteroatoms. The lowest BCUT2D eigenvalue weighted by atomic mass is 10.1. The summed E-state index contributed by atoms with van der Waals surface area (Å²) >= 11 is 0. The van der Waals surface area contributed by atoms with Gasteiger partial charge in [-0.05, 0) is 25.0 Å². The quantitative estimate of drug-likeness (QED) is 0.798. The van der Waals surface area contributed by atoms with Crippen molar-refractivity contribution < 1.29 is 14.6 Å². The normalized spacial score (nSPS) is 12.3. The Hall–Kier alpha value is -1.62. The molecule has 2 N–H and O–H groups in total. The Balaban J connectivity index is 2.66. The van der Waals surface area contributed by atoms with Gasteiger partial charge in [-0.15, -0.1) is 0 Å². The Morgan fingerprint density at radius 3 is 2.89 bits per heavy atom. The third-order valence-electron chi connectivity index (χ3n) is 2.53. The van der Waals surface area contributed by atoms with Crippen molar-refractivity contribution in [2.75, 3.05) is 13.2 Å². The third kappa shape index (κ3) is 4.00. The van der Waals surface area contributed by atoms with Crippen LogP contribution in [0.1, 0.15) is 31.3 Å². The molecule has 1 heterocycles. The van der Waals surface area contributed by atoms with Crippen molar-refractivity contribution in [3.05, 3.63) is 24.0 Å². The number of hydrogen-bond donors (Lipinski definition) is 2. The molecule has 0 aliphatic heterocycles. The van der Waals surface area contributed by atoms with Crippen LogP contribution in [0.2, 0.25) is 0 Å². The fraction of sp³-hybridized carbons (Fsp3) is 0.538. The summed E-state index contributed by atoms with van der Waals surface area (Å²) in [6.07, 6.45) is 0.976. The lowest BCUT2D eigenvalue weighted by Gasteiger charge is -2.15. The van der Waals surface area contributed by atoms with Crippen LogP contribution < -0.4 is 10.1 Å². The minimum Gasteiger partial charge on any atom is -0.491 e. The molecule has 1 atom stereocenters. The number of aromatic nitrogens is 1. The van der Waals surface area contributed by atoms with Gasteiger partial charge in [-0.2, -0.15) is 0 Å². The molecule has 0 aliphatic rings. The number of pyridine rings is 1. The summed E-state index contributed by atoms with van der Waals surface area (Å²) in [5.41, 5.74) is 0.246. The molecule has 0 spiro atoms. The van der Waals surface area contributed by atoms with Crippen molar-refractivity contribution in [3.8, 4) is 5.75 Å². The summed E-state index contributed by atoms with van der Waals surface area (Å²) in [5, 5.41) is 12.3. The molecule has 0 radical (unpaired) electrons. The van der Waals surface area contributed by atoms with Gasteiger partial charge < -0.3 is 15.2 Å². The Kier molecular flexibility index (Phi) is 5.58. The molecule has 100 valence electrons. The Bertz CT molecular complexity index is 394. The topological polar surface area (TPSA) is 71.5 Å². The molecule has 0 saturated carbocycles. The number of nitrogens with zero attached hydrogens (tertiary/aromatic N) is 1. The van der Waals surface area contributed by atoms with E-state index in [9.17, 15) is 9.90 Å². The molecule has 1 unspecified atom stereocenters. The molecule has 5 nitrogen and oxygen atoms in total. The van der Waals surface area contributed by atoms with Crippen molar-refractivity contribution in [3.63, 3.8) is 0 Å². The summed E-state index contributed by atoms with van der Waals surface area (Å²) < 4.78 is 5.33. The maximum absolute atomic E-state index is 11.9. The highest BCUT2D eigenvalue weighted by atomic mass is 16.5. The highest BCUT2D eigenvalue weighted by molar-refractivity contribution is 5.94. The molecule has 0 aromatic carbocycles. The van der Waals surface area contributed by atoms with Crippen LogP contribution in [0, 0.1) is 5.92 Å². The van der Waals surface area contributed by atoms with Gasteiger partial charge in [0.2, 0.25) is 0 Å². The molecule has 0 aliphatic carbocycles. The highest BCUT2D eigenvalue weighted by Crippen LogP contribution is 2.14. The van der Waals surface area contributed by atoms with E-state index in [0.29, 0.717) is 12.4 Å². The van der Waals surface area contributed by atoms with Crippen molar-refractivity contribution >= 4 is 5.91 Å². The van der Waals surface area contributed by atoms with Crippen molar-refractivity contribution in [2.45, 2.75) is 26.9 Å². The monoisotopic (exact) mass is 252 g/mol. The van der Waals surface area contributed by atoms with E-state index in [2.05, 4.69) is 10.3 Å². The van der Waals surface area contributed by atoms with Crippen molar-refractivity contribution in [1.29, 1.82) is 0 Å². The second-order valence-corrected chi connectivity index (χ2v) is 4.30. The molecule has 0 bridgehead atoms.